The molecule has 34 heavy (non-hydrogen) atoms. The summed E-state index contributed by atoms with van der Waals surface area (Å²) in [4.78, 5) is 0. The molecule has 0 saturated carbocycles. The fourth-order valence-corrected chi connectivity index (χ4v) is 3.25. The van der Waals surface area contributed by atoms with Crippen LogP contribution in [0.5, 0.6) is 0 Å². The van der Waals surface area contributed by atoms with Crippen molar-refractivity contribution < 1.29 is 23.5 Å². The van der Waals surface area contributed by atoms with Crippen molar-refractivity contribution in [3.05, 3.63) is 120 Å². The molecule has 0 aromatic heterocycles. The van der Waals surface area contributed by atoms with Crippen LogP contribution in [-0.2, 0) is 24.2 Å². The Hall–Kier alpha value is -3.13. The lowest BCUT2D eigenvalue weighted by atomic mass is 10.0. The molecule has 6 heteroatoms. The van der Waals surface area contributed by atoms with Crippen LogP contribution in [0.15, 0.2) is 109 Å². The summed E-state index contributed by atoms with van der Waals surface area (Å²) in [5.74, 6) is 0. The molecule has 0 unspecified atom stereocenters. The number of hydrogen-bond acceptors (Lipinski definition) is 3. The zero-order valence-electron chi connectivity index (χ0n) is 18.8. The lowest BCUT2D eigenvalue weighted by Crippen LogP contribution is -1.89. The number of hydrogen-bond donors (Lipinski definition) is 4. The molecule has 0 aliphatic heterocycles. The van der Waals surface area contributed by atoms with Gasteiger partial charge in [-0.05, 0) is 46.2 Å². The minimum absolute atomic E-state index is 0.213. The lowest BCUT2D eigenvalue weighted by molar-refractivity contribution is 0.299. The van der Waals surface area contributed by atoms with Gasteiger partial charge in [0.05, 0.1) is 0 Å². The Morgan fingerprint density at radius 2 is 0.735 bits per heavy atom. The summed E-state index contributed by atoms with van der Waals surface area (Å²) in [6, 6.07) is 37.2. The maximum absolute atomic E-state index is 8.81. The van der Waals surface area contributed by atoms with Crippen molar-refractivity contribution in [2.24, 2.45) is 0 Å². The summed E-state index contributed by atoms with van der Waals surface area (Å²) in [5.41, 5.74) is 7.25. The molecule has 4 N–H and O–H groups in total. The van der Waals surface area contributed by atoms with Gasteiger partial charge in [-0.3, -0.25) is 9.11 Å². The first-order chi connectivity index (χ1) is 16.5. The summed E-state index contributed by atoms with van der Waals surface area (Å²) in [5, 5.41) is 17.6. The summed E-state index contributed by atoms with van der Waals surface area (Å²) < 4.78 is 22.8. The SMILES string of the molecule is O=S(O)O.OCCc1ccc(-c2ccccc2)cc1.OCCc1ccc(-c2ccccc2)cc1. The molecule has 0 fully saturated rings. The molecule has 4 aromatic carbocycles. The van der Waals surface area contributed by atoms with Crippen LogP contribution in [0.2, 0.25) is 0 Å². The zero-order chi connectivity index (χ0) is 24.6. The maximum Gasteiger partial charge on any atom is 0.299 e. The van der Waals surface area contributed by atoms with Crippen LogP contribution in [0.3, 0.4) is 0 Å². The molecule has 0 bridgehead atoms. The standard InChI is InChI=1S/2C14H14O.H2O3S/c2*15-11-10-12-6-8-14(9-7-12)13-4-2-1-3-5-13;1-4(2)3/h2*1-9,15H,10-11H2;(H2,1,2,3). The predicted octanol–water partition coefficient (Wildman–Crippen LogP) is 5.46. The smallest absolute Gasteiger partial charge is 0.299 e. The molecule has 0 spiro atoms. The number of benzene rings is 4. The second-order valence-corrected chi connectivity index (χ2v) is 7.77. The fourth-order valence-electron chi connectivity index (χ4n) is 3.25. The van der Waals surface area contributed by atoms with Crippen molar-refractivity contribution >= 4 is 11.4 Å². The van der Waals surface area contributed by atoms with Gasteiger partial charge in [-0.15, -0.1) is 0 Å². The zero-order valence-corrected chi connectivity index (χ0v) is 19.6. The summed E-state index contributed by atoms with van der Waals surface area (Å²) in [6.07, 6.45) is 1.46. The third-order valence-corrected chi connectivity index (χ3v) is 4.92. The normalized spacial score (nSPS) is 10.0. The van der Waals surface area contributed by atoms with Crippen LogP contribution in [0.25, 0.3) is 22.3 Å². The lowest BCUT2D eigenvalue weighted by Gasteiger charge is -2.03. The Bertz CT molecular complexity index is 994. The third-order valence-electron chi connectivity index (χ3n) is 4.92. The van der Waals surface area contributed by atoms with Gasteiger partial charge in [0.15, 0.2) is 0 Å². The van der Waals surface area contributed by atoms with Crippen LogP contribution in [0, 0.1) is 0 Å². The van der Waals surface area contributed by atoms with Gasteiger partial charge in [-0.1, -0.05) is 109 Å². The molecular formula is C28H30O5S. The second-order valence-electron chi connectivity index (χ2n) is 7.30. The summed E-state index contributed by atoms with van der Waals surface area (Å²) in [7, 11) is 0. The van der Waals surface area contributed by atoms with Crippen LogP contribution in [-0.4, -0.2) is 36.7 Å². The average molecular weight is 479 g/mol. The number of aliphatic hydroxyl groups excluding tert-OH is 2. The van der Waals surface area contributed by atoms with E-state index >= 15 is 0 Å². The Balaban J connectivity index is 0.000000208. The highest BCUT2D eigenvalue weighted by atomic mass is 32.2. The highest BCUT2D eigenvalue weighted by molar-refractivity contribution is 7.73. The van der Waals surface area contributed by atoms with E-state index in [-0.39, 0.29) is 13.2 Å². The van der Waals surface area contributed by atoms with Crippen molar-refractivity contribution in [2.45, 2.75) is 12.8 Å². The molecule has 0 aliphatic rings. The Labute approximate surface area is 203 Å². The average Bonchev–Trinajstić information content (AvgIpc) is 2.87. The highest BCUT2D eigenvalue weighted by Crippen LogP contribution is 2.20. The molecule has 4 aromatic rings. The fraction of sp³-hybridized carbons (Fsp3) is 0.143. The Morgan fingerprint density at radius 1 is 0.471 bits per heavy atom. The van der Waals surface area contributed by atoms with Gasteiger partial charge in [0.25, 0.3) is 11.4 Å². The Kier molecular flexibility index (Phi) is 12.5. The van der Waals surface area contributed by atoms with E-state index in [1.165, 1.54) is 33.4 Å². The topological polar surface area (TPSA) is 98.0 Å². The first kappa shape index (κ1) is 27.1. The monoisotopic (exact) mass is 478 g/mol. The highest BCUT2D eigenvalue weighted by Gasteiger charge is 1.97. The Morgan fingerprint density at radius 3 is 1.00 bits per heavy atom. The van der Waals surface area contributed by atoms with Gasteiger partial charge in [-0.25, -0.2) is 0 Å². The van der Waals surface area contributed by atoms with Crippen LogP contribution >= 0.6 is 0 Å². The number of rotatable bonds is 6. The quantitative estimate of drug-likeness (QED) is 0.276. The summed E-state index contributed by atoms with van der Waals surface area (Å²) in [6.45, 7) is 0.426. The van der Waals surface area contributed by atoms with E-state index < -0.39 is 11.4 Å². The van der Waals surface area contributed by atoms with E-state index in [2.05, 4.69) is 72.8 Å². The molecule has 178 valence electrons. The number of aliphatic hydroxyl groups is 2. The van der Waals surface area contributed by atoms with E-state index in [1.54, 1.807) is 0 Å². The molecule has 0 saturated heterocycles. The van der Waals surface area contributed by atoms with Crippen molar-refractivity contribution in [1.82, 2.24) is 0 Å². The molecule has 4 rings (SSSR count). The van der Waals surface area contributed by atoms with Gasteiger partial charge in [0.2, 0.25) is 0 Å². The van der Waals surface area contributed by atoms with E-state index in [0.717, 1.165) is 12.8 Å². The van der Waals surface area contributed by atoms with E-state index in [1.807, 2.05) is 36.4 Å². The van der Waals surface area contributed by atoms with Gasteiger partial charge >= 0.3 is 0 Å². The van der Waals surface area contributed by atoms with E-state index in [9.17, 15) is 0 Å². The minimum atomic E-state index is -2.61. The molecule has 0 aliphatic carbocycles. The van der Waals surface area contributed by atoms with Crippen molar-refractivity contribution in [3.8, 4) is 22.3 Å². The first-order valence-corrected chi connectivity index (χ1v) is 11.9. The molecule has 0 atom stereocenters. The van der Waals surface area contributed by atoms with Gasteiger partial charge < -0.3 is 10.2 Å². The van der Waals surface area contributed by atoms with Gasteiger partial charge in [0, 0.05) is 13.2 Å². The van der Waals surface area contributed by atoms with Crippen LogP contribution < -0.4 is 0 Å². The van der Waals surface area contributed by atoms with Crippen LogP contribution in [0.4, 0.5) is 0 Å². The molecule has 0 radical (unpaired) electrons. The third kappa shape index (κ3) is 10.2. The van der Waals surface area contributed by atoms with E-state index in [4.69, 9.17) is 23.5 Å². The largest absolute Gasteiger partial charge is 0.396 e. The second kappa shape index (κ2) is 15.7. The minimum Gasteiger partial charge on any atom is -0.396 e. The van der Waals surface area contributed by atoms with Crippen molar-refractivity contribution in [2.75, 3.05) is 13.2 Å². The molecule has 5 nitrogen and oxygen atoms in total. The van der Waals surface area contributed by atoms with Crippen molar-refractivity contribution in [3.63, 3.8) is 0 Å². The maximum atomic E-state index is 8.81. The van der Waals surface area contributed by atoms with Gasteiger partial charge in [-0.2, -0.15) is 4.21 Å². The summed E-state index contributed by atoms with van der Waals surface area (Å²) >= 11 is -2.61. The van der Waals surface area contributed by atoms with E-state index in [0.29, 0.717) is 0 Å². The molecular weight excluding hydrogens is 448 g/mol. The molecule has 0 amide bonds. The first-order valence-electron chi connectivity index (χ1n) is 10.8. The molecule has 0 heterocycles. The van der Waals surface area contributed by atoms with Gasteiger partial charge in [0.1, 0.15) is 0 Å². The predicted molar refractivity (Wildman–Crippen MR) is 139 cm³/mol. The van der Waals surface area contributed by atoms with Crippen LogP contribution in [0.1, 0.15) is 11.1 Å². The van der Waals surface area contributed by atoms with Crippen molar-refractivity contribution in [1.29, 1.82) is 0 Å².